The van der Waals surface area contributed by atoms with Gasteiger partial charge in [0.1, 0.15) is 17.0 Å². The molecule has 1 N–H and O–H groups in total. The first kappa shape index (κ1) is 24.2. The van der Waals surface area contributed by atoms with E-state index in [0.29, 0.717) is 29.5 Å². The highest BCUT2D eigenvalue weighted by Gasteiger charge is 2.24. The van der Waals surface area contributed by atoms with Gasteiger partial charge in [-0.2, -0.15) is 0 Å². The third-order valence-corrected chi connectivity index (χ3v) is 7.30. The van der Waals surface area contributed by atoms with Gasteiger partial charge in [0.2, 0.25) is 0 Å². The Morgan fingerprint density at radius 1 is 1.15 bits per heavy atom. The number of carbonyl (C=O) groups is 1. The summed E-state index contributed by atoms with van der Waals surface area (Å²) in [6.45, 7) is 12.1. The van der Waals surface area contributed by atoms with Crippen molar-refractivity contribution in [3.8, 4) is 11.5 Å². The summed E-state index contributed by atoms with van der Waals surface area (Å²) >= 11 is 1.43. The zero-order valence-electron chi connectivity index (χ0n) is 20.4. The van der Waals surface area contributed by atoms with Gasteiger partial charge in [-0.05, 0) is 50.1 Å². The topological polar surface area (TPSA) is 79.8 Å². The van der Waals surface area contributed by atoms with E-state index in [1.54, 1.807) is 13.4 Å². The Labute approximate surface area is 204 Å². The number of fused-ring (bicyclic) bond motifs is 1. The number of benzene rings is 1. The van der Waals surface area contributed by atoms with Gasteiger partial charge in [0, 0.05) is 32.7 Å². The Balaban J connectivity index is 1.50. The van der Waals surface area contributed by atoms with Gasteiger partial charge >= 0.3 is 0 Å². The number of anilines is 1. The van der Waals surface area contributed by atoms with E-state index in [4.69, 9.17) is 9.47 Å². The summed E-state index contributed by atoms with van der Waals surface area (Å²) in [5, 5.41) is 4.04. The molecule has 34 heavy (non-hydrogen) atoms. The Morgan fingerprint density at radius 3 is 2.65 bits per heavy atom. The van der Waals surface area contributed by atoms with E-state index in [2.05, 4.69) is 32.0 Å². The largest absolute Gasteiger partial charge is 0.493 e. The molecule has 8 nitrogen and oxygen atoms in total. The molecule has 1 amide bonds. The van der Waals surface area contributed by atoms with E-state index in [-0.39, 0.29) is 5.91 Å². The first-order chi connectivity index (χ1) is 16.5. The van der Waals surface area contributed by atoms with Crippen molar-refractivity contribution in [3.63, 3.8) is 0 Å². The second kappa shape index (κ2) is 11.0. The fourth-order valence-corrected chi connectivity index (χ4v) is 5.43. The highest BCUT2D eigenvalue weighted by molar-refractivity contribution is 7.20. The third kappa shape index (κ3) is 5.10. The van der Waals surface area contributed by atoms with Gasteiger partial charge in [0.05, 0.1) is 24.0 Å². The molecule has 2 aromatic heterocycles. The van der Waals surface area contributed by atoms with E-state index in [1.165, 1.54) is 17.8 Å². The number of aryl methyl sites for hydroxylation is 1. The molecule has 0 radical (unpaired) electrons. The molecule has 3 heterocycles. The fourth-order valence-electron chi connectivity index (χ4n) is 4.37. The Bertz CT molecular complexity index is 1140. The molecule has 0 unspecified atom stereocenters. The van der Waals surface area contributed by atoms with Crippen molar-refractivity contribution in [3.05, 3.63) is 40.5 Å². The summed E-state index contributed by atoms with van der Waals surface area (Å²) in [5.41, 5.74) is 1.88. The van der Waals surface area contributed by atoms with Crippen LogP contribution in [-0.2, 0) is 6.54 Å². The molecule has 0 aliphatic carbocycles. The Hall–Kier alpha value is -2.91. The normalized spacial score (nSPS) is 14.4. The smallest absolute Gasteiger partial charge is 0.261 e. The summed E-state index contributed by atoms with van der Waals surface area (Å²) in [6, 6.07) is 5.70. The highest BCUT2D eigenvalue weighted by Crippen LogP contribution is 2.35. The summed E-state index contributed by atoms with van der Waals surface area (Å²) < 4.78 is 11.0. The monoisotopic (exact) mass is 483 g/mol. The van der Waals surface area contributed by atoms with Gasteiger partial charge in [0.15, 0.2) is 11.5 Å². The van der Waals surface area contributed by atoms with E-state index < -0.39 is 0 Å². The number of nitrogens with zero attached hydrogens (tertiary/aromatic N) is 4. The van der Waals surface area contributed by atoms with Gasteiger partial charge in [0.25, 0.3) is 5.91 Å². The third-order valence-electron chi connectivity index (χ3n) is 6.11. The van der Waals surface area contributed by atoms with Crippen molar-refractivity contribution in [2.75, 3.05) is 51.3 Å². The van der Waals surface area contributed by atoms with E-state index >= 15 is 0 Å². The highest BCUT2D eigenvalue weighted by atomic mass is 32.1. The number of amides is 1. The summed E-state index contributed by atoms with van der Waals surface area (Å²) in [5.74, 6) is 2.19. The number of methoxy groups -OCH3 is 1. The zero-order chi connectivity index (χ0) is 24.1. The lowest BCUT2D eigenvalue weighted by Gasteiger charge is -2.35. The predicted molar refractivity (Wildman–Crippen MR) is 136 cm³/mol. The average Bonchev–Trinajstić information content (AvgIpc) is 3.20. The van der Waals surface area contributed by atoms with Gasteiger partial charge in [-0.25, -0.2) is 9.97 Å². The van der Waals surface area contributed by atoms with Crippen molar-refractivity contribution < 1.29 is 14.3 Å². The lowest BCUT2D eigenvalue weighted by Crippen LogP contribution is -2.46. The van der Waals surface area contributed by atoms with Gasteiger partial charge in [-0.15, -0.1) is 11.3 Å². The first-order valence-electron chi connectivity index (χ1n) is 11.8. The first-order valence-corrected chi connectivity index (χ1v) is 12.7. The van der Waals surface area contributed by atoms with Crippen molar-refractivity contribution in [2.24, 2.45) is 0 Å². The minimum atomic E-state index is -0.104. The van der Waals surface area contributed by atoms with Crippen LogP contribution in [0.5, 0.6) is 11.5 Å². The molecule has 1 saturated heterocycles. The number of carbonyl (C=O) groups excluding carboxylic acids is 1. The maximum absolute atomic E-state index is 13.1. The molecule has 9 heteroatoms. The summed E-state index contributed by atoms with van der Waals surface area (Å²) in [6.07, 6.45) is 2.78. The quantitative estimate of drug-likeness (QED) is 0.495. The molecule has 1 aromatic carbocycles. The maximum Gasteiger partial charge on any atom is 0.261 e. The van der Waals surface area contributed by atoms with Gasteiger partial charge < -0.3 is 19.7 Å². The van der Waals surface area contributed by atoms with Crippen LogP contribution < -0.4 is 19.7 Å². The van der Waals surface area contributed by atoms with Gasteiger partial charge in [-0.3, -0.25) is 9.69 Å². The van der Waals surface area contributed by atoms with E-state index in [1.807, 2.05) is 32.0 Å². The number of piperazine rings is 1. The Kier molecular flexibility index (Phi) is 7.84. The molecule has 1 aliphatic heterocycles. The lowest BCUT2D eigenvalue weighted by molar-refractivity contribution is 0.0954. The number of nitrogens with one attached hydrogen (secondary N) is 1. The van der Waals surface area contributed by atoms with E-state index in [9.17, 15) is 4.79 Å². The molecule has 4 rings (SSSR count). The molecular weight excluding hydrogens is 450 g/mol. The Morgan fingerprint density at radius 2 is 1.94 bits per heavy atom. The molecule has 182 valence electrons. The molecule has 3 aromatic rings. The van der Waals surface area contributed by atoms with Crippen LogP contribution in [0, 0.1) is 6.92 Å². The van der Waals surface area contributed by atoms with Crippen LogP contribution in [0.4, 0.5) is 5.82 Å². The van der Waals surface area contributed by atoms with Crippen LogP contribution in [0.25, 0.3) is 10.2 Å². The lowest BCUT2D eigenvalue weighted by atomic mass is 10.1. The molecule has 0 saturated carbocycles. The molecule has 0 bridgehead atoms. The standard InChI is InChI=1S/C25H33N5O3S/c1-5-9-29-10-12-30(13-11-29)23-21-17(3)22(34-25(21)28-16-27-23)24(31)26-15-18-7-8-19(32-4)20(14-18)33-6-2/h7-8,14,16H,5-6,9-13,15H2,1-4H3,(H,26,31). The predicted octanol–water partition coefficient (Wildman–Crippen LogP) is 3.87. The number of rotatable bonds is 9. The van der Waals surface area contributed by atoms with Crippen molar-refractivity contribution in [2.45, 2.75) is 33.7 Å². The van der Waals surface area contributed by atoms with E-state index in [0.717, 1.165) is 59.9 Å². The number of hydrogen-bond acceptors (Lipinski definition) is 8. The van der Waals surface area contributed by atoms with Crippen molar-refractivity contribution in [1.29, 1.82) is 0 Å². The van der Waals surface area contributed by atoms with Crippen LogP contribution in [0.2, 0.25) is 0 Å². The minimum Gasteiger partial charge on any atom is -0.493 e. The van der Waals surface area contributed by atoms with Crippen molar-refractivity contribution >= 4 is 33.3 Å². The average molecular weight is 484 g/mol. The minimum absolute atomic E-state index is 0.104. The molecule has 1 fully saturated rings. The number of ether oxygens (including phenoxy) is 2. The fraction of sp³-hybridized carbons (Fsp3) is 0.480. The zero-order valence-corrected chi connectivity index (χ0v) is 21.2. The molecule has 1 aliphatic rings. The molecule has 0 atom stereocenters. The van der Waals surface area contributed by atoms with Crippen molar-refractivity contribution in [1.82, 2.24) is 20.2 Å². The summed E-state index contributed by atoms with van der Waals surface area (Å²) in [7, 11) is 1.62. The molecular formula is C25H33N5O3S. The van der Waals surface area contributed by atoms with Crippen LogP contribution in [0.1, 0.15) is 41.1 Å². The SMILES string of the molecule is CCCN1CCN(c2ncnc3sc(C(=O)NCc4ccc(OC)c(OCC)c4)c(C)c23)CC1. The van der Waals surface area contributed by atoms with Crippen LogP contribution in [0.15, 0.2) is 24.5 Å². The second-order valence-corrected chi connectivity index (χ2v) is 9.36. The molecule has 0 spiro atoms. The number of thiophene rings is 1. The van der Waals surface area contributed by atoms with Crippen LogP contribution in [0.3, 0.4) is 0 Å². The number of aromatic nitrogens is 2. The number of hydrogen-bond donors (Lipinski definition) is 1. The van der Waals surface area contributed by atoms with Gasteiger partial charge in [-0.1, -0.05) is 13.0 Å². The van der Waals surface area contributed by atoms with Crippen LogP contribution >= 0.6 is 11.3 Å². The maximum atomic E-state index is 13.1. The van der Waals surface area contributed by atoms with Crippen LogP contribution in [-0.4, -0.2) is 67.2 Å². The summed E-state index contributed by atoms with van der Waals surface area (Å²) in [4.78, 5) is 28.6. The second-order valence-electron chi connectivity index (χ2n) is 8.36.